The largest absolute Gasteiger partial charge is 0.268 e. The van der Waals surface area contributed by atoms with Gasteiger partial charge in [0.1, 0.15) is 5.82 Å². The zero-order valence-corrected chi connectivity index (χ0v) is 20.4. The van der Waals surface area contributed by atoms with Gasteiger partial charge in [0.05, 0.1) is 11.0 Å². The molecule has 0 fully saturated rings. The van der Waals surface area contributed by atoms with Crippen LogP contribution in [0.3, 0.4) is 0 Å². The highest BCUT2D eigenvalue weighted by molar-refractivity contribution is 6.05. The fourth-order valence-electron chi connectivity index (χ4n) is 6.24. The average molecular weight is 455 g/mol. The molecule has 3 heteroatoms. The second kappa shape index (κ2) is 6.57. The van der Waals surface area contributed by atoms with Gasteiger partial charge in [-0.1, -0.05) is 74.5 Å². The van der Waals surface area contributed by atoms with Gasteiger partial charge in [0.2, 0.25) is 0 Å². The molecule has 0 spiro atoms. The molecular formula is C32H26N2O. The van der Waals surface area contributed by atoms with Gasteiger partial charge in [0, 0.05) is 16.4 Å². The maximum Gasteiger partial charge on any atom is 0.264 e. The van der Waals surface area contributed by atoms with E-state index in [1.54, 1.807) is 0 Å². The van der Waals surface area contributed by atoms with Crippen LogP contribution in [0.15, 0.2) is 84.9 Å². The summed E-state index contributed by atoms with van der Waals surface area (Å²) in [6.45, 7) is 8.90. The molecule has 0 N–H and O–H groups in total. The minimum atomic E-state index is -0.355. The van der Waals surface area contributed by atoms with Crippen molar-refractivity contribution in [1.82, 2.24) is 9.55 Å². The lowest BCUT2D eigenvalue weighted by molar-refractivity contribution is 0.0948. The molecule has 0 bridgehead atoms. The van der Waals surface area contributed by atoms with E-state index in [0.717, 1.165) is 39.1 Å². The van der Waals surface area contributed by atoms with Crippen molar-refractivity contribution < 1.29 is 4.79 Å². The molecule has 7 rings (SSSR count). The first-order valence-corrected chi connectivity index (χ1v) is 12.2. The van der Waals surface area contributed by atoms with E-state index < -0.39 is 0 Å². The van der Waals surface area contributed by atoms with Crippen molar-refractivity contribution in [2.75, 3.05) is 0 Å². The Hall–Kier alpha value is -3.98. The number of benzene rings is 4. The first-order chi connectivity index (χ1) is 16.8. The molecule has 5 aromatic rings. The van der Waals surface area contributed by atoms with Crippen molar-refractivity contribution in [2.45, 2.75) is 38.5 Å². The van der Waals surface area contributed by atoms with Crippen molar-refractivity contribution in [3.8, 4) is 22.3 Å². The Balaban J connectivity index is 1.39. The molecule has 0 saturated heterocycles. The van der Waals surface area contributed by atoms with Crippen LogP contribution in [0.5, 0.6) is 0 Å². The van der Waals surface area contributed by atoms with Gasteiger partial charge < -0.3 is 0 Å². The Morgan fingerprint density at radius 2 is 1.23 bits per heavy atom. The third kappa shape index (κ3) is 2.56. The van der Waals surface area contributed by atoms with Crippen molar-refractivity contribution in [3.63, 3.8) is 0 Å². The Morgan fingerprint density at radius 1 is 0.629 bits per heavy atom. The summed E-state index contributed by atoms with van der Waals surface area (Å²) in [6.07, 6.45) is 0. The van der Waals surface area contributed by atoms with Crippen LogP contribution in [0.4, 0.5) is 0 Å². The summed E-state index contributed by atoms with van der Waals surface area (Å²) >= 11 is 0. The molecule has 170 valence electrons. The Morgan fingerprint density at radius 3 is 2.00 bits per heavy atom. The lowest BCUT2D eigenvalue weighted by Crippen LogP contribution is -2.35. The molecule has 1 aliphatic heterocycles. The number of nitrogens with zero attached hydrogens (tertiary/aromatic N) is 2. The third-order valence-electron chi connectivity index (χ3n) is 8.16. The van der Waals surface area contributed by atoms with Gasteiger partial charge in [-0.2, -0.15) is 0 Å². The molecule has 0 saturated carbocycles. The molecule has 0 atom stereocenters. The molecule has 0 amide bonds. The predicted octanol–water partition coefficient (Wildman–Crippen LogP) is 7.34. The Bertz CT molecular complexity index is 1720. The zero-order chi connectivity index (χ0) is 24.1. The van der Waals surface area contributed by atoms with Gasteiger partial charge in [-0.15, -0.1) is 0 Å². The van der Waals surface area contributed by atoms with Gasteiger partial charge in [-0.05, 0) is 77.1 Å². The predicted molar refractivity (Wildman–Crippen MR) is 141 cm³/mol. The number of imidazole rings is 1. The summed E-state index contributed by atoms with van der Waals surface area (Å²) in [6, 6.07) is 29.7. The van der Waals surface area contributed by atoms with Crippen LogP contribution in [0.2, 0.25) is 0 Å². The molecule has 4 aromatic carbocycles. The molecule has 3 nitrogen and oxygen atoms in total. The van der Waals surface area contributed by atoms with E-state index in [1.165, 1.54) is 22.3 Å². The highest BCUT2D eigenvalue weighted by Gasteiger charge is 2.39. The lowest BCUT2D eigenvalue weighted by atomic mass is 9.78. The van der Waals surface area contributed by atoms with Crippen LogP contribution in [0.25, 0.3) is 33.3 Å². The first kappa shape index (κ1) is 20.4. The second-order valence-electron chi connectivity index (χ2n) is 10.9. The molecule has 2 heterocycles. The average Bonchev–Trinajstić information content (AvgIpc) is 3.37. The van der Waals surface area contributed by atoms with Gasteiger partial charge in [-0.3, -0.25) is 9.36 Å². The molecule has 1 aromatic heterocycles. The monoisotopic (exact) mass is 454 g/mol. The maximum atomic E-state index is 13.5. The van der Waals surface area contributed by atoms with Crippen molar-refractivity contribution in [1.29, 1.82) is 0 Å². The minimum Gasteiger partial charge on any atom is -0.268 e. The van der Waals surface area contributed by atoms with E-state index in [4.69, 9.17) is 4.98 Å². The second-order valence-corrected chi connectivity index (χ2v) is 10.9. The fourth-order valence-corrected chi connectivity index (χ4v) is 6.24. The van der Waals surface area contributed by atoms with Crippen molar-refractivity contribution >= 4 is 16.9 Å². The quantitative estimate of drug-likeness (QED) is 0.266. The van der Waals surface area contributed by atoms with E-state index in [9.17, 15) is 4.79 Å². The number of rotatable bonds is 1. The van der Waals surface area contributed by atoms with Crippen molar-refractivity contribution in [3.05, 3.63) is 113 Å². The highest BCUT2D eigenvalue weighted by Crippen LogP contribution is 2.49. The molecule has 35 heavy (non-hydrogen) atoms. The third-order valence-corrected chi connectivity index (χ3v) is 8.16. The minimum absolute atomic E-state index is 0.00143. The number of carbonyl (C=O) groups is 1. The van der Waals surface area contributed by atoms with Crippen LogP contribution >= 0.6 is 0 Å². The van der Waals surface area contributed by atoms with E-state index in [-0.39, 0.29) is 16.7 Å². The van der Waals surface area contributed by atoms with Gasteiger partial charge in [0.15, 0.2) is 0 Å². The Labute approximate surface area is 205 Å². The molecule has 2 aliphatic rings. The van der Waals surface area contributed by atoms with Crippen LogP contribution in [0, 0.1) is 0 Å². The molecule has 1 aliphatic carbocycles. The maximum absolute atomic E-state index is 13.5. The van der Waals surface area contributed by atoms with Crippen LogP contribution in [-0.2, 0) is 10.8 Å². The summed E-state index contributed by atoms with van der Waals surface area (Å²) in [4.78, 5) is 18.5. The molecule has 0 unspecified atom stereocenters. The smallest absolute Gasteiger partial charge is 0.264 e. The van der Waals surface area contributed by atoms with E-state index >= 15 is 0 Å². The normalized spacial score (nSPS) is 16.5. The van der Waals surface area contributed by atoms with Crippen LogP contribution < -0.4 is 0 Å². The standard InChI is InChI=1S/C32H26N2O/c1-31(2)24-11-7-5-9-21(24)23-17-19(13-15-26(23)31)20-14-16-28-27(18-20)33-30-32(3,4)25-12-8-6-10-22(25)29(35)34(28)30/h5-18H,1-4H3. The number of carbonyl (C=O) groups excluding carboxylic acids is 1. The van der Waals surface area contributed by atoms with Gasteiger partial charge >= 0.3 is 0 Å². The summed E-state index contributed by atoms with van der Waals surface area (Å²) in [5.41, 5.74) is 10.8. The number of aromatic nitrogens is 2. The van der Waals surface area contributed by atoms with E-state index in [1.807, 2.05) is 34.9 Å². The number of fused-ring (bicyclic) bond motifs is 7. The van der Waals surface area contributed by atoms with E-state index in [2.05, 4.69) is 82.3 Å². The fraction of sp³-hybridized carbons (Fsp3) is 0.188. The number of hydrogen-bond donors (Lipinski definition) is 0. The van der Waals surface area contributed by atoms with E-state index in [0.29, 0.717) is 0 Å². The summed E-state index contributed by atoms with van der Waals surface area (Å²) in [5, 5.41) is 0. The van der Waals surface area contributed by atoms with Crippen molar-refractivity contribution in [2.24, 2.45) is 0 Å². The van der Waals surface area contributed by atoms with Gasteiger partial charge in [0.25, 0.3) is 5.91 Å². The summed E-state index contributed by atoms with van der Waals surface area (Å²) in [7, 11) is 0. The summed E-state index contributed by atoms with van der Waals surface area (Å²) < 4.78 is 1.81. The lowest BCUT2D eigenvalue weighted by Gasteiger charge is -2.31. The van der Waals surface area contributed by atoms with Gasteiger partial charge in [-0.25, -0.2) is 4.98 Å². The molecular weight excluding hydrogens is 428 g/mol. The van der Waals surface area contributed by atoms with Crippen LogP contribution in [0.1, 0.15) is 60.6 Å². The highest BCUT2D eigenvalue weighted by atomic mass is 16.2. The molecule has 0 radical (unpaired) electrons. The topological polar surface area (TPSA) is 34.9 Å². The summed E-state index contributed by atoms with van der Waals surface area (Å²) in [5.74, 6) is 0.805. The first-order valence-electron chi connectivity index (χ1n) is 12.2. The van der Waals surface area contributed by atoms with Crippen LogP contribution in [-0.4, -0.2) is 15.5 Å². The zero-order valence-electron chi connectivity index (χ0n) is 20.4. The number of hydrogen-bond acceptors (Lipinski definition) is 2. The SMILES string of the molecule is CC1(C)c2ccccc2-c2cc(-c3ccc4c(c3)nc3n4C(=O)c4ccccc4C3(C)C)ccc21. The Kier molecular flexibility index (Phi) is 3.83.